The van der Waals surface area contributed by atoms with E-state index < -0.39 is 0 Å². The number of pyridine rings is 1. The van der Waals surface area contributed by atoms with Gasteiger partial charge in [0.05, 0.1) is 0 Å². The van der Waals surface area contributed by atoms with Gasteiger partial charge in [0, 0.05) is 25.0 Å². The van der Waals surface area contributed by atoms with Crippen molar-refractivity contribution in [2.75, 3.05) is 14.1 Å². The molecule has 0 aromatic carbocycles. The minimum absolute atomic E-state index is 0.933. The standard InChI is InChI=1S/C8H11N2/c1-10(2)7-8-3-5-9-6-4-8/h3,5-6H,7H2,1-2H3. The largest absolute Gasteiger partial charge is 0.305 e. The molecule has 53 valence electrons. The molecule has 0 amide bonds. The van der Waals surface area contributed by atoms with E-state index in [0.29, 0.717) is 0 Å². The van der Waals surface area contributed by atoms with Crippen LogP contribution in [-0.2, 0) is 6.54 Å². The molecule has 1 aromatic heterocycles. The maximum absolute atomic E-state index is 3.88. The van der Waals surface area contributed by atoms with Crippen LogP contribution in [-0.4, -0.2) is 24.0 Å². The number of nitrogens with zero attached hydrogens (tertiary/aromatic N) is 2. The van der Waals surface area contributed by atoms with Gasteiger partial charge in [0.1, 0.15) is 0 Å². The molecule has 0 spiro atoms. The second-order valence-electron chi connectivity index (χ2n) is 2.50. The molecular formula is C8H11N2. The lowest BCUT2D eigenvalue weighted by atomic mass is 10.3. The zero-order valence-electron chi connectivity index (χ0n) is 6.33. The summed E-state index contributed by atoms with van der Waals surface area (Å²) in [5.74, 6) is 0. The van der Waals surface area contributed by atoms with Crippen LogP contribution in [0.4, 0.5) is 0 Å². The lowest BCUT2D eigenvalue weighted by molar-refractivity contribution is 0.402. The highest BCUT2D eigenvalue weighted by Crippen LogP contribution is 1.96. The van der Waals surface area contributed by atoms with Gasteiger partial charge >= 0.3 is 0 Å². The third kappa shape index (κ3) is 2.15. The van der Waals surface area contributed by atoms with Crippen LogP contribution in [0, 0.1) is 6.07 Å². The molecule has 0 saturated heterocycles. The average molecular weight is 135 g/mol. The van der Waals surface area contributed by atoms with Crippen molar-refractivity contribution in [2.45, 2.75) is 6.54 Å². The first-order valence-electron chi connectivity index (χ1n) is 3.24. The Kier molecular flexibility index (Phi) is 2.40. The first-order valence-corrected chi connectivity index (χ1v) is 3.24. The van der Waals surface area contributed by atoms with E-state index in [0.717, 1.165) is 6.54 Å². The van der Waals surface area contributed by atoms with Gasteiger partial charge in [0.2, 0.25) is 0 Å². The molecule has 0 fully saturated rings. The Balaban J connectivity index is 2.59. The van der Waals surface area contributed by atoms with Crippen molar-refractivity contribution in [1.82, 2.24) is 9.88 Å². The summed E-state index contributed by atoms with van der Waals surface area (Å²) < 4.78 is 0. The van der Waals surface area contributed by atoms with Gasteiger partial charge in [-0.2, -0.15) is 0 Å². The summed E-state index contributed by atoms with van der Waals surface area (Å²) in [6.45, 7) is 0.933. The van der Waals surface area contributed by atoms with Gasteiger partial charge in [0.15, 0.2) is 0 Å². The van der Waals surface area contributed by atoms with Crippen LogP contribution < -0.4 is 0 Å². The van der Waals surface area contributed by atoms with Gasteiger partial charge in [-0.15, -0.1) is 0 Å². The Bertz CT molecular complexity index is 182. The summed E-state index contributed by atoms with van der Waals surface area (Å²) in [4.78, 5) is 5.98. The normalized spacial score (nSPS) is 10.3. The van der Waals surface area contributed by atoms with Gasteiger partial charge in [0.25, 0.3) is 0 Å². The number of hydrogen-bond acceptors (Lipinski definition) is 2. The van der Waals surface area contributed by atoms with Crippen molar-refractivity contribution in [3.8, 4) is 0 Å². The van der Waals surface area contributed by atoms with Crippen molar-refractivity contribution in [3.05, 3.63) is 30.1 Å². The van der Waals surface area contributed by atoms with Gasteiger partial charge in [-0.05, 0) is 25.7 Å². The van der Waals surface area contributed by atoms with Crippen molar-refractivity contribution >= 4 is 0 Å². The second kappa shape index (κ2) is 3.32. The fraction of sp³-hybridized carbons (Fsp3) is 0.375. The monoisotopic (exact) mass is 135 g/mol. The van der Waals surface area contributed by atoms with E-state index >= 15 is 0 Å². The fourth-order valence-electron chi connectivity index (χ4n) is 0.783. The van der Waals surface area contributed by atoms with E-state index in [-0.39, 0.29) is 0 Å². The average Bonchev–Trinajstić information content (AvgIpc) is 1.88. The molecule has 0 saturated carbocycles. The summed E-state index contributed by atoms with van der Waals surface area (Å²) in [6.07, 6.45) is 3.48. The molecular weight excluding hydrogens is 124 g/mol. The van der Waals surface area contributed by atoms with Crippen LogP contribution in [0.1, 0.15) is 5.56 Å². The van der Waals surface area contributed by atoms with Crippen LogP contribution in [0.2, 0.25) is 0 Å². The van der Waals surface area contributed by atoms with E-state index in [1.54, 1.807) is 12.4 Å². The highest BCUT2D eigenvalue weighted by Gasteiger charge is 1.91. The molecule has 0 aliphatic rings. The van der Waals surface area contributed by atoms with Crippen LogP contribution in [0.5, 0.6) is 0 Å². The van der Waals surface area contributed by atoms with E-state index in [2.05, 4.69) is 16.0 Å². The second-order valence-corrected chi connectivity index (χ2v) is 2.50. The zero-order valence-corrected chi connectivity index (χ0v) is 6.33. The van der Waals surface area contributed by atoms with Crippen LogP contribution in [0.25, 0.3) is 0 Å². The summed E-state index contributed by atoms with van der Waals surface area (Å²) in [5.41, 5.74) is 1.18. The molecule has 2 heteroatoms. The van der Waals surface area contributed by atoms with E-state index in [9.17, 15) is 0 Å². The molecule has 1 rings (SSSR count). The number of rotatable bonds is 2. The van der Waals surface area contributed by atoms with Gasteiger partial charge in [-0.1, -0.05) is 0 Å². The topological polar surface area (TPSA) is 16.1 Å². The first-order chi connectivity index (χ1) is 4.79. The predicted molar refractivity (Wildman–Crippen MR) is 40.5 cm³/mol. The SMILES string of the molecule is CN(C)Cc1[c]cncc1. The maximum Gasteiger partial charge on any atom is 0.0350 e. The van der Waals surface area contributed by atoms with E-state index in [1.807, 2.05) is 20.2 Å². The molecule has 0 unspecified atom stereocenters. The molecule has 2 nitrogen and oxygen atoms in total. The molecule has 10 heavy (non-hydrogen) atoms. The van der Waals surface area contributed by atoms with Crippen molar-refractivity contribution < 1.29 is 0 Å². The highest BCUT2D eigenvalue weighted by atomic mass is 15.0. The molecule has 1 aromatic rings. The van der Waals surface area contributed by atoms with E-state index in [4.69, 9.17) is 0 Å². The molecule has 0 bridgehead atoms. The van der Waals surface area contributed by atoms with Crippen molar-refractivity contribution in [1.29, 1.82) is 0 Å². The summed E-state index contributed by atoms with van der Waals surface area (Å²) in [5, 5.41) is 0. The van der Waals surface area contributed by atoms with Crippen LogP contribution >= 0.6 is 0 Å². The molecule has 1 heterocycles. The fourth-order valence-corrected chi connectivity index (χ4v) is 0.783. The molecule has 0 aliphatic carbocycles. The predicted octanol–water partition coefficient (Wildman–Crippen LogP) is 0.943. The Morgan fingerprint density at radius 1 is 1.60 bits per heavy atom. The Morgan fingerprint density at radius 3 is 2.90 bits per heavy atom. The van der Waals surface area contributed by atoms with Crippen LogP contribution in [0.3, 0.4) is 0 Å². The van der Waals surface area contributed by atoms with Crippen LogP contribution in [0.15, 0.2) is 18.5 Å². The minimum Gasteiger partial charge on any atom is -0.305 e. The van der Waals surface area contributed by atoms with E-state index in [1.165, 1.54) is 5.56 Å². The lowest BCUT2D eigenvalue weighted by Crippen LogP contribution is -2.10. The van der Waals surface area contributed by atoms with Gasteiger partial charge in [-0.25, -0.2) is 0 Å². The summed E-state index contributed by atoms with van der Waals surface area (Å²) in [6, 6.07) is 5.02. The first kappa shape index (κ1) is 7.22. The quantitative estimate of drug-likeness (QED) is 0.600. The Labute approximate surface area is 61.5 Å². The molecule has 0 aliphatic heterocycles. The van der Waals surface area contributed by atoms with Gasteiger partial charge in [-0.3, -0.25) is 4.98 Å². The lowest BCUT2D eigenvalue weighted by Gasteiger charge is -2.07. The number of aromatic nitrogens is 1. The highest BCUT2D eigenvalue weighted by molar-refractivity contribution is 5.07. The summed E-state index contributed by atoms with van der Waals surface area (Å²) in [7, 11) is 4.07. The third-order valence-electron chi connectivity index (χ3n) is 1.17. The maximum atomic E-state index is 3.88. The molecule has 0 atom stereocenters. The molecule has 0 N–H and O–H groups in total. The smallest absolute Gasteiger partial charge is 0.0350 e. The zero-order chi connectivity index (χ0) is 7.40. The Hall–Kier alpha value is -0.890. The summed E-state index contributed by atoms with van der Waals surface area (Å²) >= 11 is 0. The van der Waals surface area contributed by atoms with Crippen molar-refractivity contribution in [3.63, 3.8) is 0 Å². The molecule has 1 radical (unpaired) electrons. The number of hydrogen-bond donors (Lipinski definition) is 0. The van der Waals surface area contributed by atoms with Crippen molar-refractivity contribution in [2.24, 2.45) is 0 Å². The minimum atomic E-state index is 0.933. The third-order valence-corrected chi connectivity index (χ3v) is 1.17. The van der Waals surface area contributed by atoms with Gasteiger partial charge < -0.3 is 4.90 Å². The Morgan fingerprint density at radius 2 is 2.40 bits per heavy atom.